The maximum Gasteiger partial charge on any atom is 0.335 e. The second-order valence-electron chi connectivity index (χ2n) is 10.0. The molecule has 0 aliphatic carbocycles. The molecule has 0 atom stereocenters. The number of halogens is 1. The second-order valence-corrected chi connectivity index (χ2v) is 11.8. The number of nitrogens with one attached hydrogen (secondary N) is 1. The number of thiophene rings is 1. The number of ketones is 1. The number of pyridine rings is 1. The summed E-state index contributed by atoms with van der Waals surface area (Å²) in [6.45, 7) is 3.96. The van der Waals surface area contributed by atoms with Crippen LogP contribution in [0.15, 0.2) is 91.1 Å². The van der Waals surface area contributed by atoms with Crippen LogP contribution in [-0.2, 0) is 35.8 Å². The lowest BCUT2D eigenvalue weighted by Gasteiger charge is -2.10. The van der Waals surface area contributed by atoms with Crippen molar-refractivity contribution >= 4 is 56.0 Å². The molecule has 0 saturated carbocycles. The summed E-state index contributed by atoms with van der Waals surface area (Å²) >= 11 is 6.28. The van der Waals surface area contributed by atoms with E-state index in [1.54, 1.807) is 35.7 Å². The highest BCUT2D eigenvalue weighted by Gasteiger charge is 2.15. The van der Waals surface area contributed by atoms with Gasteiger partial charge in [-0.3, -0.25) is 9.78 Å². The van der Waals surface area contributed by atoms with Crippen molar-refractivity contribution in [3.63, 3.8) is 0 Å². The molecule has 3 aromatic carbocycles. The van der Waals surface area contributed by atoms with E-state index >= 15 is 4.39 Å². The van der Waals surface area contributed by atoms with E-state index in [1.165, 1.54) is 11.6 Å². The quantitative estimate of drug-likeness (QED) is 0.103. The largest absolute Gasteiger partial charge is 0.453 e. The van der Waals surface area contributed by atoms with Crippen LogP contribution in [0.1, 0.15) is 36.5 Å². The number of thiocarbonyl (C=S) groups is 1. The fourth-order valence-corrected chi connectivity index (χ4v) is 6.02. The number of carbonyl (C=O) groups is 1. The first-order valence-electron chi connectivity index (χ1n) is 14.0. The molecule has 0 fully saturated rings. The molecule has 0 amide bonds. The smallest absolute Gasteiger partial charge is 0.335 e. The molecule has 1 N–H and O–H groups in total. The molecule has 0 aliphatic heterocycles. The van der Waals surface area contributed by atoms with Gasteiger partial charge >= 0.3 is 11.6 Å². The van der Waals surface area contributed by atoms with Crippen molar-refractivity contribution in [1.29, 1.82) is 0 Å². The van der Waals surface area contributed by atoms with Gasteiger partial charge in [-0.05, 0) is 59.5 Å². The lowest BCUT2D eigenvalue weighted by Crippen LogP contribution is -2.13. The van der Waals surface area contributed by atoms with Gasteiger partial charge in [0.15, 0.2) is 11.6 Å². The highest BCUT2D eigenvalue weighted by Crippen LogP contribution is 2.39. The topological polar surface area (TPSA) is 85.4 Å². The van der Waals surface area contributed by atoms with Crippen LogP contribution in [-0.4, -0.2) is 30.6 Å². The number of benzene rings is 3. The molecular formula is C34H31FN2O4S3. The summed E-state index contributed by atoms with van der Waals surface area (Å²) in [4.78, 5) is 18.6. The van der Waals surface area contributed by atoms with Gasteiger partial charge in [0, 0.05) is 47.8 Å². The molecule has 0 saturated heterocycles. The van der Waals surface area contributed by atoms with Gasteiger partial charge in [0.25, 0.3) is 0 Å². The number of carbonyl (C=O) groups excluding carboxylic acids is 1. The summed E-state index contributed by atoms with van der Waals surface area (Å²) in [5, 5.41) is 3.44. The Morgan fingerprint density at radius 3 is 2.45 bits per heavy atom. The molecule has 10 heteroatoms. The summed E-state index contributed by atoms with van der Waals surface area (Å²) in [5.74, 6) is 0.264. The Labute approximate surface area is 268 Å². The summed E-state index contributed by atoms with van der Waals surface area (Å²) in [5.41, 5.74) is 4.81. The van der Waals surface area contributed by atoms with E-state index in [2.05, 4.69) is 41.5 Å². The molecule has 0 spiro atoms. The van der Waals surface area contributed by atoms with E-state index in [4.69, 9.17) is 25.4 Å². The summed E-state index contributed by atoms with van der Waals surface area (Å²) in [7, 11) is 0. The Morgan fingerprint density at radius 1 is 0.932 bits per heavy atom. The molecule has 0 bridgehead atoms. The monoisotopic (exact) mass is 646 g/mol. The third-order valence-electron chi connectivity index (χ3n) is 6.60. The minimum Gasteiger partial charge on any atom is -0.453 e. The molecule has 2 heterocycles. The number of Topliss-reactive ketones (excluding diaryl/α,β-unsaturated/α-hetero) is 1. The van der Waals surface area contributed by atoms with E-state index in [0.29, 0.717) is 29.0 Å². The number of hydrogen-bond acceptors (Lipinski definition) is 8. The number of nitrogens with zero attached hydrogens (tertiary/aromatic N) is 1. The van der Waals surface area contributed by atoms with Gasteiger partial charge in [-0.1, -0.05) is 73.7 Å². The van der Waals surface area contributed by atoms with Crippen molar-refractivity contribution < 1.29 is 22.3 Å². The van der Waals surface area contributed by atoms with E-state index in [9.17, 15) is 4.79 Å². The number of ether oxygens (including phenoxy) is 1. The minimum atomic E-state index is -0.750. The van der Waals surface area contributed by atoms with Crippen LogP contribution in [0.5, 0.6) is 11.5 Å². The van der Waals surface area contributed by atoms with E-state index in [0.717, 1.165) is 45.7 Å². The van der Waals surface area contributed by atoms with Gasteiger partial charge in [-0.25, -0.2) is 4.39 Å². The van der Waals surface area contributed by atoms with Crippen LogP contribution in [0.2, 0.25) is 0 Å². The van der Waals surface area contributed by atoms with Gasteiger partial charge < -0.3 is 10.1 Å². The maximum absolute atomic E-state index is 15.1. The van der Waals surface area contributed by atoms with Gasteiger partial charge in [0.05, 0.1) is 10.2 Å². The van der Waals surface area contributed by atoms with E-state index in [-0.39, 0.29) is 18.0 Å². The molecule has 0 radical (unpaired) electrons. The Kier molecular flexibility index (Phi) is 12.6. The lowest BCUT2D eigenvalue weighted by molar-refractivity contribution is -0.117. The van der Waals surface area contributed by atoms with Gasteiger partial charge in [-0.15, -0.1) is 11.3 Å². The Morgan fingerprint density at radius 2 is 1.70 bits per heavy atom. The summed E-state index contributed by atoms with van der Waals surface area (Å²) in [6.07, 6.45) is 3.66. The minimum absolute atomic E-state index is 0.0542. The highest BCUT2D eigenvalue weighted by atomic mass is 32.1. The van der Waals surface area contributed by atoms with Crippen LogP contribution >= 0.6 is 23.6 Å². The first-order chi connectivity index (χ1) is 21.4. The van der Waals surface area contributed by atoms with Gasteiger partial charge in [0.1, 0.15) is 11.5 Å². The highest BCUT2D eigenvalue weighted by molar-refractivity contribution is 7.80. The van der Waals surface area contributed by atoms with Crippen molar-refractivity contribution in [2.24, 2.45) is 0 Å². The molecular weight excluding hydrogens is 616 g/mol. The fraction of sp³-hybridized carbons (Fsp3) is 0.206. The molecule has 226 valence electrons. The fourth-order valence-electron chi connectivity index (χ4n) is 4.63. The molecule has 5 rings (SSSR count). The summed E-state index contributed by atoms with van der Waals surface area (Å²) < 4.78 is 38.6. The predicted octanol–water partition coefficient (Wildman–Crippen LogP) is 7.84. The van der Waals surface area contributed by atoms with Crippen LogP contribution in [0.4, 0.5) is 4.39 Å². The average molecular weight is 647 g/mol. The van der Waals surface area contributed by atoms with Crippen molar-refractivity contribution in [2.75, 3.05) is 6.54 Å². The van der Waals surface area contributed by atoms with E-state index < -0.39 is 17.4 Å². The average Bonchev–Trinajstić information content (AvgIpc) is 3.45. The molecule has 6 nitrogen and oxygen atoms in total. The van der Waals surface area contributed by atoms with E-state index in [1.807, 2.05) is 36.4 Å². The molecule has 44 heavy (non-hydrogen) atoms. The maximum atomic E-state index is 15.1. The Bertz CT molecular complexity index is 1770. The van der Waals surface area contributed by atoms with Crippen LogP contribution in [0.25, 0.3) is 20.7 Å². The Balaban J connectivity index is 0.00000141. The predicted molar refractivity (Wildman–Crippen MR) is 179 cm³/mol. The molecule has 0 aliphatic rings. The van der Waals surface area contributed by atoms with Crippen molar-refractivity contribution in [3.05, 3.63) is 114 Å². The van der Waals surface area contributed by atoms with Gasteiger partial charge in [-0.2, -0.15) is 8.42 Å². The van der Waals surface area contributed by atoms with Crippen molar-refractivity contribution in [2.45, 2.75) is 39.2 Å². The lowest BCUT2D eigenvalue weighted by atomic mass is 10.0. The Hall–Kier alpha value is -3.96. The zero-order valence-corrected chi connectivity index (χ0v) is 26.5. The van der Waals surface area contributed by atoms with Crippen molar-refractivity contribution in [3.8, 4) is 21.9 Å². The van der Waals surface area contributed by atoms with Crippen LogP contribution in [0, 0.1) is 5.82 Å². The zero-order chi connectivity index (χ0) is 31.3. The van der Waals surface area contributed by atoms with Crippen molar-refractivity contribution in [1.82, 2.24) is 10.3 Å². The molecule has 5 aromatic rings. The third-order valence-corrected chi connectivity index (χ3v) is 8.08. The van der Waals surface area contributed by atoms with Crippen LogP contribution < -0.4 is 10.1 Å². The standard InChI is InChI=1S/C34H31FN2O2S2.O2S/c1-2-14-36-22-25-9-6-10-26(16-25)33-21-30-34(41-33)32(13-15-37-30)39-31-12-11-24(19-29(31)35)18-28(40)20-27(38)17-23-7-4-3-5-8-23;1-3-2/h3-13,15-16,19,21,36H,2,14,17-18,20,22H2,1H3;. The first kappa shape index (κ1) is 32.9. The molecule has 0 unspecified atom stereocenters. The SMILES string of the molecule is CCCNCc1cccc(-c2cc3nccc(Oc4ccc(CC(=S)CC(=O)Cc5ccccc5)cc4F)c3s2)c1.O=S=O. The van der Waals surface area contributed by atoms with Crippen LogP contribution in [0.3, 0.4) is 0 Å². The molecule has 2 aromatic heterocycles. The number of aromatic nitrogens is 1. The zero-order valence-electron chi connectivity index (χ0n) is 24.1. The second kappa shape index (κ2) is 16.8. The first-order valence-corrected chi connectivity index (χ1v) is 15.9. The number of fused-ring (bicyclic) bond motifs is 1. The number of rotatable bonds is 13. The normalized spacial score (nSPS) is 10.6. The number of hydrogen-bond donors (Lipinski definition) is 1. The summed E-state index contributed by atoms with van der Waals surface area (Å²) in [6, 6.07) is 26.7. The van der Waals surface area contributed by atoms with Gasteiger partial charge in [0.2, 0.25) is 0 Å². The third kappa shape index (κ3) is 9.52.